The molecule has 1 aliphatic heterocycles. The molecule has 6 nitrogen and oxygen atoms in total. The number of fused-ring (bicyclic) bond motifs is 1. The summed E-state index contributed by atoms with van der Waals surface area (Å²) in [6.45, 7) is 8.00. The predicted molar refractivity (Wildman–Crippen MR) is 107 cm³/mol. The van der Waals surface area contributed by atoms with Crippen LogP contribution in [0.15, 0.2) is 47.3 Å². The summed E-state index contributed by atoms with van der Waals surface area (Å²) < 4.78 is 2.88. The van der Waals surface area contributed by atoms with E-state index in [-0.39, 0.29) is 17.4 Å². The van der Waals surface area contributed by atoms with Crippen LogP contribution in [0.25, 0.3) is 0 Å². The Kier molecular flexibility index (Phi) is 4.63. The maximum atomic E-state index is 13.0. The van der Waals surface area contributed by atoms with Crippen LogP contribution in [0.5, 0.6) is 0 Å². The summed E-state index contributed by atoms with van der Waals surface area (Å²) in [5.41, 5.74) is 5.38. The average molecular weight is 376 g/mol. The normalized spacial score (nSPS) is 13.7. The van der Waals surface area contributed by atoms with Crippen molar-refractivity contribution in [1.82, 2.24) is 19.2 Å². The van der Waals surface area contributed by atoms with Crippen LogP contribution in [0.4, 0.5) is 0 Å². The van der Waals surface area contributed by atoms with Crippen LogP contribution < -0.4 is 5.69 Å². The van der Waals surface area contributed by atoms with Crippen molar-refractivity contribution in [3.63, 3.8) is 0 Å². The summed E-state index contributed by atoms with van der Waals surface area (Å²) in [6.07, 6.45) is 0. The highest BCUT2D eigenvalue weighted by Gasteiger charge is 2.29. The topological polar surface area (TPSA) is 60.1 Å². The molecule has 0 N–H and O–H groups in total. The van der Waals surface area contributed by atoms with Crippen molar-refractivity contribution in [2.24, 2.45) is 0 Å². The highest BCUT2D eigenvalue weighted by molar-refractivity contribution is 5.91. The van der Waals surface area contributed by atoms with Gasteiger partial charge in [-0.3, -0.25) is 9.36 Å². The second-order valence-electron chi connectivity index (χ2n) is 7.56. The Morgan fingerprint density at radius 3 is 2.36 bits per heavy atom. The zero-order valence-electron chi connectivity index (χ0n) is 16.5. The van der Waals surface area contributed by atoms with Gasteiger partial charge >= 0.3 is 5.69 Å². The van der Waals surface area contributed by atoms with Gasteiger partial charge in [0.25, 0.3) is 5.91 Å². The van der Waals surface area contributed by atoms with Gasteiger partial charge in [0.05, 0.1) is 6.54 Å². The Morgan fingerprint density at radius 1 is 0.893 bits per heavy atom. The van der Waals surface area contributed by atoms with E-state index < -0.39 is 0 Å². The number of hydrogen-bond acceptors (Lipinski definition) is 3. The molecule has 3 aromatic rings. The van der Waals surface area contributed by atoms with Crippen molar-refractivity contribution in [3.8, 4) is 0 Å². The first-order chi connectivity index (χ1) is 13.4. The second kappa shape index (κ2) is 7.11. The van der Waals surface area contributed by atoms with Crippen molar-refractivity contribution in [2.75, 3.05) is 6.54 Å². The van der Waals surface area contributed by atoms with E-state index in [1.165, 1.54) is 14.8 Å². The van der Waals surface area contributed by atoms with Gasteiger partial charge in [0.1, 0.15) is 0 Å². The molecule has 2 aromatic carbocycles. The molecule has 0 aliphatic carbocycles. The minimum atomic E-state index is -0.227. The zero-order chi connectivity index (χ0) is 19.8. The molecule has 144 valence electrons. The van der Waals surface area contributed by atoms with Gasteiger partial charge in [0.15, 0.2) is 0 Å². The SMILES string of the molecule is Cc1ccc(Cn2nc3n(c2=O)CCN(Cc2cc(C)ccc2C)C3=O)cc1. The number of amides is 1. The van der Waals surface area contributed by atoms with Gasteiger partial charge in [-0.25, -0.2) is 9.48 Å². The number of carbonyl (C=O) groups excluding carboxylic acids is 1. The largest absolute Gasteiger partial charge is 0.346 e. The Labute approximate surface area is 164 Å². The van der Waals surface area contributed by atoms with E-state index in [1.807, 2.05) is 38.1 Å². The third kappa shape index (κ3) is 3.38. The molecule has 0 bridgehead atoms. The monoisotopic (exact) mass is 376 g/mol. The molecule has 0 saturated carbocycles. The molecule has 0 unspecified atom stereocenters. The Morgan fingerprint density at radius 2 is 1.61 bits per heavy atom. The number of benzene rings is 2. The van der Waals surface area contributed by atoms with Crippen LogP contribution in [-0.4, -0.2) is 31.7 Å². The maximum Gasteiger partial charge on any atom is 0.346 e. The summed E-state index contributed by atoms with van der Waals surface area (Å²) >= 11 is 0. The van der Waals surface area contributed by atoms with Crippen molar-refractivity contribution in [1.29, 1.82) is 0 Å². The molecule has 1 aliphatic rings. The molecule has 0 fully saturated rings. The molecular weight excluding hydrogens is 352 g/mol. The first-order valence-corrected chi connectivity index (χ1v) is 9.51. The molecule has 2 heterocycles. The van der Waals surface area contributed by atoms with Crippen LogP contribution in [-0.2, 0) is 19.6 Å². The van der Waals surface area contributed by atoms with Crippen molar-refractivity contribution in [2.45, 2.75) is 40.4 Å². The van der Waals surface area contributed by atoms with Crippen LogP contribution in [0.1, 0.15) is 38.4 Å². The molecule has 0 radical (unpaired) electrons. The van der Waals surface area contributed by atoms with Crippen LogP contribution in [0.3, 0.4) is 0 Å². The third-order valence-corrected chi connectivity index (χ3v) is 5.31. The fourth-order valence-electron chi connectivity index (χ4n) is 3.56. The number of carbonyl (C=O) groups is 1. The van der Waals surface area contributed by atoms with Gasteiger partial charge in [0.2, 0.25) is 5.82 Å². The predicted octanol–water partition coefficient (Wildman–Crippen LogP) is 2.67. The van der Waals surface area contributed by atoms with Crippen LogP contribution in [0.2, 0.25) is 0 Å². The van der Waals surface area contributed by atoms with Crippen LogP contribution in [0, 0.1) is 20.8 Å². The number of nitrogens with zero attached hydrogens (tertiary/aromatic N) is 4. The Hall–Kier alpha value is -3.15. The third-order valence-electron chi connectivity index (χ3n) is 5.31. The summed E-state index contributed by atoms with van der Waals surface area (Å²) in [6, 6.07) is 14.2. The minimum absolute atomic E-state index is 0.188. The molecule has 1 aromatic heterocycles. The molecule has 0 spiro atoms. The van der Waals surface area contributed by atoms with Gasteiger partial charge in [-0.2, -0.15) is 0 Å². The summed E-state index contributed by atoms with van der Waals surface area (Å²) in [5.74, 6) is 0.0422. The lowest BCUT2D eigenvalue weighted by molar-refractivity contribution is 0.0681. The first-order valence-electron chi connectivity index (χ1n) is 9.51. The van der Waals surface area contributed by atoms with Crippen molar-refractivity contribution >= 4 is 5.91 Å². The van der Waals surface area contributed by atoms with E-state index in [0.717, 1.165) is 22.3 Å². The van der Waals surface area contributed by atoms with Gasteiger partial charge in [-0.15, -0.1) is 5.10 Å². The van der Waals surface area contributed by atoms with E-state index in [4.69, 9.17) is 0 Å². The first kappa shape index (κ1) is 18.2. The Balaban J connectivity index is 1.59. The van der Waals surface area contributed by atoms with Gasteiger partial charge < -0.3 is 4.90 Å². The number of rotatable bonds is 4. The molecular formula is C22H24N4O2. The van der Waals surface area contributed by atoms with E-state index in [0.29, 0.717) is 26.2 Å². The highest BCUT2D eigenvalue weighted by atomic mass is 16.2. The fourth-order valence-corrected chi connectivity index (χ4v) is 3.56. The maximum absolute atomic E-state index is 13.0. The lowest BCUT2D eigenvalue weighted by atomic mass is 10.0. The van der Waals surface area contributed by atoms with Gasteiger partial charge in [-0.05, 0) is 37.5 Å². The zero-order valence-corrected chi connectivity index (χ0v) is 16.5. The molecule has 28 heavy (non-hydrogen) atoms. The Bertz CT molecular complexity index is 1090. The average Bonchev–Trinajstić information content (AvgIpc) is 2.99. The van der Waals surface area contributed by atoms with E-state index in [1.54, 1.807) is 4.90 Å². The molecule has 0 saturated heterocycles. The number of aromatic nitrogens is 3. The number of hydrogen-bond donors (Lipinski definition) is 0. The molecule has 1 amide bonds. The van der Waals surface area contributed by atoms with Crippen molar-refractivity contribution < 1.29 is 4.79 Å². The summed E-state index contributed by atoms with van der Waals surface area (Å²) in [5, 5.41) is 4.36. The minimum Gasteiger partial charge on any atom is -0.330 e. The van der Waals surface area contributed by atoms with E-state index in [2.05, 4.69) is 30.2 Å². The standard InChI is InChI=1S/C22H24N4O2/c1-15-5-8-18(9-6-15)13-26-22(28)25-11-10-24(21(27)20(25)23-26)14-19-12-16(2)4-7-17(19)3/h4-9,12H,10-11,13-14H2,1-3H3. The lowest BCUT2D eigenvalue weighted by Gasteiger charge is -2.27. The second-order valence-corrected chi connectivity index (χ2v) is 7.56. The quantitative estimate of drug-likeness (QED) is 0.703. The summed E-state index contributed by atoms with van der Waals surface area (Å²) in [4.78, 5) is 27.4. The molecule has 6 heteroatoms. The summed E-state index contributed by atoms with van der Waals surface area (Å²) in [7, 11) is 0. The fraction of sp³-hybridized carbons (Fsp3) is 0.318. The smallest absolute Gasteiger partial charge is 0.330 e. The highest BCUT2D eigenvalue weighted by Crippen LogP contribution is 2.17. The van der Waals surface area contributed by atoms with Crippen LogP contribution >= 0.6 is 0 Å². The lowest BCUT2D eigenvalue weighted by Crippen LogP contribution is -2.42. The van der Waals surface area contributed by atoms with E-state index in [9.17, 15) is 9.59 Å². The molecule has 4 rings (SSSR count). The number of aryl methyl sites for hydroxylation is 3. The van der Waals surface area contributed by atoms with E-state index >= 15 is 0 Å². The van der Waals surface area contributed by atoms with Gasteiger partial charge in [0, 0.05) is 19.6 Å². The van der Waals surface area contributed by atoms with Gasteiger partial charge in [-0.1, -0.05) is 53.6 Å². The molecule has 0 atom stereocenters. The van der Waals surface area contributed by atoms with Crippen molar-refractivity contribution in [3.05, 3.63) is 86.6 Å².